The highest BCUT2D eigenvalue weighted by Gasteiger charge is 2.11. The predicted molar refractivity (Wildman–Crippen MR) is 71.3 cm³/mol. The van der Waals surface area contributed by atoms with Gasteiger partial charge in [0, 0.05) is 37.1 Å². The molecule has 0 bridgehead atoms. The zero-order valence-corrected chi connectivity index (χ0v) is 10.7. The number of pyridine rings is 1. The molecule has 0 unspecified atom stereocenters. The maximum atomic E-state index is 10.4. The van der Waals surface area contributed by atoms with Crippen LogP contribution in [0, 0.1) is 0 Å². The highest BCUT2D eigenvalue weighted by Crippen LogP contribution is 2.13. The van der Waals surface area contributed by atoms with Crippen LogP contribution >= 0.6 is 0 Å². The molecule has 2 heterocycles. The Kier molecular flexibility index (Phi) is 4.74. The second-order valence-corrected chi connectivity index (χ2v) is 4.42. The van der Waals surface area contributed by atoms with Crippen LogP contribution in [-0.4, -0.2) is 27.6 Å². The molecule has 1 aliphatic rings. The monoisotopic (exact) mass is 262 g/mol. The molecule has 0 aromatic carbocycles. The van der Waals surface area contributed by atoms with Gasteiger partial charge in [0.2, 0.25) is 0 Å². The number of hydrogen-bond acceptors (Lipinski definition) is 5. The van der Waals surface area contributed by atoms with E-state index in [4.69, 9.17) is 5.11 Å². The number of hydrazine groups is 2. The lowest BCUT2D eigenvalue weighted by molar-refractivity contribution is -0.137. The highest BCUT2D eigenvalue weighted by molar-refractivity contribution is 5.66. The Bertz CT molecular complexity index is 447. The molecule has 2 rings (SSSR count). The summed E-state index contributed by atoms with van der Waals surface area (Å²) in [6, 6.07) is 3.89. The van der Waals surface area contributed by atoms with Gasteiger partial charge in [-0.25, -0.2) is 0 Å². The number of hydrogen-bond donors (Lipinski definition) is 3. The number of carboxylic acid groups (broad SMARTS) is 1. The standard InChI is InChI=1S/C13H18N4O2/c18-13(19)6-2-1-3-8-17-10-12(15-16-17)11-5-4-7-14-9-11/h4-5,7,9-10,15-16H,1-3,6,8H2,(H,18,19). The van der Waals surface area contributed by atoms with E-state index in [1.165, 1.54) is 0 Å². The van der Waals surface area contributed by atoms with E-state index in [-0.39, 0.29) is 6.42 Å². The van der Waals surface area contributed by atoms with Crippen LogP contribution in [0.4, 0.5) is 0 Å². The van der Waals surface area contributed by atoms with Gasteiger partial charge in [0.15, 0.2) is 0 Å². The lowest BCUT2D eigenvalue weighted by atomic mass is 10.2. The summed E-state index contributed by atoms with van der Waals surface area (Å²) in [4.78, 5) is 14.4. The molecule has 0 amide bonds. The van der Waals surface area contributed by atoms with Gasteiger partial charge in [0.05, 0.1) is 5.70 Å². The van der Waals surface area contributed by atoms with Crippen molar-refractivity contribution in [3.63, 3.8) is 0 Å². The van der Waals surface area contributed by atoms with Crippen LogP contribution in [0.15, 0.2) is 30.7 Å². The Hall–Kier alpha value is -2.08. The summed E-state index contributed by atoms with van der Waals surface area (Å²) >= 11 is 0. The van der Waals surface area contributed by atoms with E-state index in [2.05, 4.69) is 15.9 Å². The second kappa shape index (κ2) is 6.75. The molecule has 1 aromatic rings. The molecule has 0 radical (unpaired) electrons. The molecular weight excluding hydrogens is 244 g/mol. The average Bonchev–Trinajstić information content (AvgIpc) is 2.88. The van der Waals surface area contributed by atoms with E-state index in [1.807, 2.05) is 23.3 Å². The molecule has 0 saturated carbocycles. The first-order chi connectivity index (χ1) is 9.25. The number of unbranched alkanes of at least 4 members (excludes halogenated alkanes) is 2. The maximum absolute atomic E-state index is 10.4. The molecule has 0 atom stereocenters. The van der Waals surface area contributed by atoms with Crippen LogP contribution in [0.5, 0.6) is 0 Å². The summed E-state index contributed by atoms with van der Waals surface area (Å²) in [7, 11) is 0. The normalized spacial score (nSPS) is 14.1. The van der Waals surface area contributed by atoms with Gasteiger partial charge in [-0.2, -0.15) is 0 Å². The van der Waals surface area contributed by atoms with E-state index in [9.17, 15) is 4.79 Å². The van der Waals surface area contributed by atoms with Crippen molar-refractivity contribution < 1.29 is 9.90 Å². The SMILES string of the molecule is O=C(O)CCCCCN1C=C(c2cccnc2)NN1. The van der Waals surface area contributed by atoms with Gasteiger partial charge < -0.3 is 10.5 Å². The Morgan fingerprint density at radius 1 is 1.37 bits per heavy atom. The zero-order valence-electron chi connectivity index (χ0n) is 10.7. The molecular formula is C13H18N4O2. The molecule has 0 spiro atoms. The van der Waals surface area contributed by atoms with Crippen molar-refractivity contribution in [2.24, 2.45) is 0 Å². The molecule has 0 fully saturated rings. The molecule has 19 heavy (non-hydrogen) atoms. The number of aromatic nitrogens is 1. The molecule has 6 nitrogen and oxygen atoms in total. The number of rotatable bonds is 7. The minimum absolute atomic E-state index is 0.252. The summed E-state index contributed by atoms with van der Waals surface area (Å²) in [6.07, 6.45) is 8.40. The highest BCUT2D eigenvalue weighted by atomic mass is 16.4. The lowest BCUT2D eigenvalue weighted by Crippen LogP contribution is -2.36. The quantitative estimate of drug-likeness (QED) is 0.644. The van der Waals surface area contributed by atoms with E-state index >= 15 is 0 Å². The zero-order chi connectivity index (χ0) is 13.5. The van der Waals surface area contributed by atoms with Crippen LogP contribution in [0.2, 0.25) is 0 Å². The van der Waals surface area contributed by atoms with Crippen molar-refractivity contribution in [2.45, 2.75) is 25.7 Å². The Labute approximate surface area is 112 Å². The van der Waals surface area contributed by atoms with Gasteiger partial charge in [0.1, 0.15) is 0 Å². The van der Waals surface area contributed by atoms with Crippen molar-refractivity contribution in [2.75, 3.05) is 6.54 Å². The molecule has 1 aromatic heterocycles. The Morgan fingerprint density at radius 2 is 2.26 bits per heavy atom. The molecule has 0 aliphatic carbocycles. The fourth-order valence-corrected chi connectivity index (χ4v) is 1.88. The third kappa shape index (κ3) is 4.26. The molecule has 1 aliphatic heterocycles. The van der Waals surface area contributed by atoms with E-state index in [0.717, 1.165) is 37.1 Å². The average molecular weight is 262 g/mol. The van der Waals surface area contributed by atoms with Crippen LogP contribution < -0.4 is 11.0 Å². The van der Waals surface area contributed by atoms with Gasteiger partial charge in [-0.3, -0.25) is 14.8 Å². The van der Waals surface area contributed by atoms with Gasteiger partial charge in [-0.1, -0.05) is 6.42 Å². The van der Waals surface area contributed by atoms with Crippen molar-refractivity contribution in [3.8, 4) is 0 Å². The minimum atomic E-state index is -0.722. The Morgan fingerprint density at radius 3 is 3.00 bits per heavy atom. The third-order valence-corrected chi connectivity index (χ3v) is 2.88. The summed E-state index contributed by atoms with van der Waals surface area (Å²) < 4.78 is 0. The summed E-state index contributed by atoms with van der Waals surface area (Å²) in [6.45, 7) is 0.844. The summed E-state index contributed by atoms with van der Waals surface area (Å²) in [5.74, 6) is -0.722. The third-order valence-electron chi connectivity index (χ3n) is 2.88. The van der Waals surface area contributed by atoms with Crippen LogP contribution in [-0.2, 0) is 4.79 Å². The number of aliphatic carboxylic acids is 1. The van der Waals surface area contributed by atoms with E-state index in [1.54, 1.807) is 12.4 Å². The van der Waals surface area contributed by atoms with Crippen molar-refractivity contribution >= 4 is 11.7 Å². The van der Waals surface area contributed by atoms with Gasteiger partial charge in [-0.05, 0) is 25.0 Å². The second-order valence-electron chi connectivity index (χ2n) is 4.42. The largest absolute Gasteiger partial charge is 0.481 e. The number of carbonyl (C=O) groups is 1. The topological polar surface area (TPSA) is 77.5 Å². The number of nitrogens with zero attached hydrogens (tertiary/aromatic N) is 2. The first-order valence-electron chi connectivity index (χ1n) is 6.38. The fourth-order valence-electron chi connectivity index (χ4n) is 1.88. The maximum Gasteiger partial charge on any atom is 0.303 e. The van der Waals surface area contributed by atoms with Crippen LogP contribution in [0.1, 0.15) is 31.2 Å². The molecule has 6 heteroatoms. The van der Waals surface area contributed by atoms with Gasteiger partial charge in [-0.15, -0.1) is 5.53 Å². The number of nitrogens with one attached hydrogen (secondary N) is 2. The summed E-state index contributed by atoms with van der Waals surface area (Å²) in [5, 5.41) is 10.5. The van der Waals surface area contributed by atoms with E-state index in [0.29, 0.717) is 0 Å². The van der Waals surface area contributed by atoms with E-state index < -0.39 is 5.97 Å². The first kappa shape index (κ1) is 13.4. The summed E-state index contributed by atoms with van der Waals surface area (Å²) in [5.41, 5.74) is 8.15. The lowest BCUT2D eigenvalue weighted by Gasteiger charge is -2.14. The smallest absolute Gasteiger partial charge is 0.303 e. The molecule has 102 valence electrons. The fraction of sp³-hybridized carbons (Fsp3) is 0.385. The van der Waals surface area contributed by atoms with Gasteiger partial charge >= 0.3 is 5.97 Å². The molecule has 0 saturated heterocycles. The van der Waals surface area contributed by atoms with Crippen molar-refractivity contribution in [1.29, 1.82) is 0 Å². The first-order valence-corrected chi connectivity index (χ1v) is 6.38. The predicted octanol–water partition coefficient (Wildman–Crippen LogP) is 1.35. The minimum Gasteiger partial charge on any atom is -0.481 e. The van der Waals surface area contributed by atoms with Crippen molar-refractivity contribution in [3.05, 3.63) is 36.3 Å². The number of carboxylic acids is 1. The van der Waals surface area contributed by atoms with Crippen molar-refractivity contribution in [1.82, 2.24) is 21.0 Å². The van der Waals surface area contributed by atoms with Crippen LogP contribution in [0.25, 0.3) is 5.70 Å². The molecule has 3 N–H and O–H groups in total. The van der Waals surface area contributed by atoms with Crippen LogP contribution in [0.3, 0.4) is 0 Å². The Balaban J connectivity index is 1.72. The van der Waals surface area contributed by atoms with Gasteiger partial charge in [0.25, 0.3) is 0 Å².